The molecule has 1 heterocycles. The number of aliphatic hydroxyl groups excluding tert-OH is 4. The van der Waals surface area contributed by atoms with Gasteiger partial charge in [-0.1, -0.05) is 0 Å². The molecule has 2 rings (SSSR count). The molecule has 5 unspecified atom stereocenters. The molecule has 8 nitrogen and oxygen atoms in total. The zero-order chi connectivity index (χ0) is 17.0. The summed E-state index contributed by atoms with van der Waals surface area (Å²) in [5, 5.41) is 38.6. The predicted octanol–water partition coefficient (Wildman–Crippen LogP) is -0.924. The highest BCUT2D eigenvalue weighted by Gasteiger charge is 2.44. The van der Waals surface area contributed by atoms with Gasteiger partial charge in [0.25, 0.3) is 0 Å². The van der Waals surface area contributed by atoms with Crippen molar-refractivity contribution in [3.63, 3.8) is 0 Å². The Morgan fingerprint density at radius 2 is 1.91 bits per heavy atom. The number of hydrogen-bond donors (Lipinski definition) is 4. The Labute approximate surface area is 132 Å². The molecule has 1 aliphatic rings. The zero-order valence-electron chi connectivity index (χ0n) is 12.5. The number of ether oxygens (including phenoxy) is 3. The Morgan fingerprint density at radius 1 is 1.17 bits per heavy atom. The topological polar surface area (TPSA) is 126 Å². The first-order chi connectivity index (χ1) is 11.0. The van der Waals surface area contributed by atoms with E-state index in [2.05, 4.69) is 0 Å². The zero-order valence-corrected chi connectivity index (χ0v) is 12.5. The Balaban J connectivity index is 2.21. The van der Waals surface area contributed by atoms with Crippen LogP contribution in [0, 0.1) is 0 Å². The number of rotatable bonds is 6. The highest BCUT2D eigenvalue weighted by atomic mass is 16.7. The summed E-state index contributed by atoms with van der Waals surface area (Å²) in [6, 6.07) is 4.43. The quantitative estimate of drug-likeness (QED) is 0.494. The lowest BCUT2D eigenvalue weighted by Gasteiger charge is -2.39. The van der Waals surface area contributed by atoms with E-state index >= 15 is 0 Å². The van der Waals surface area contributed by atoms with Crippen LogP contribution in [0.1, 0.15) is 17.3 Å². The molecule has 0 amide bonds. The molecule has 1 saturated heterocycles. The normalized spacial score (nSPS) is 30.7. The predicted molar refractivity (Wildman–Crippen MR) is 77.4 cm³/mol. The average Bonchev–Trinajstić information content (AvgIpc) is 2.56. The van der Waals surface area contributed by atoms with Gasteiger partial charge in [-0.05, 0) is 25.1 Å². The fraction of sp³-hybridized carbons (Fsp3) is 0.533. The molecular weight excluding hydrogens is 308 g/mol. The van der Waals surface area contributed by atoms with Gasteiger partial charge in [0.15, 0.2) is 11.5 Å². The van der Waals surface area contributed by atoms with Crippen LogP contribution in [0.3, 0.4) is 0 Å². The SMILES string of the molecule is CCOc1cc(C=O)ccc1OC1OC(CO)C(O)C(O)C1O. The lowest BCUT2D eigenvalue weighted by Crippen LogP contribution is -2.60. The molecule has 0 saturated carbocycles. The second kappa shape index (κ2) is 7.71. The Morgan fingerprint density at radius 3 is 2.52 bits per heavy atom. The van der Waals surface area contributed by atoms with Crippen molar-refractivity contribution in [1.82, 2.24) is 0 Å². The van der Waals surface area contributed by atoms with Gasteiger partial charge < -0.3 is 34.6 Å². The maximum atomic E-state index is 10.8. The first-order valence-corrected chi connectivity index (χ1v) is 7.21. The van der Waals surface area contributed by atoms with Crippen LogP contribution in [0.5, 0.6) is 11.5 Å². The first-order valence-electron chi connectivity index (χ1n) is 7.21. The average molecular weight is 328 g/mol. The molecular formula is C15H20O8. The van der Waals surface area contributed by atoms with Gasteiger partial charge in [-0.25, -0.2) is 0 Å². The first kappa shape index (κ1) is 17.6. The maximum absolute atomic E-state index is 10.8. The van der Waals surface area contributed by atoms with Crippen LogP contribution in [0.25, 0.3) is 0 Å². The summed E-state index contributed by atoms with van der Waals surface area (Å²) in [6.45, 7) is 1.53. The van der Waals surface area contributed by atoms with Crippen molar-refractivity contribution < 1.29 is 39.4 Å². The summed E-state index contributed by atoms with van der Waals surface area (Å²) < 4.78 is 16.1. The van der Waals surface area contributed by atoms with E-state index in [-0.39, 0.29) is 11.5 Å². The maximum Gasteiger partial charge on any atom is 0.229 e. The number of carbonyl (C=O) groups is 1. The minimum Gasteiger partial charge on any atom is -0.490 e. The minimum absolute atomic E-state index is 0.196. The van der Waals surface area contributed by atoms with Crippen molar-refractivity contribution in [2.75, 3.05) is 13.2 Å². The molecule has 1 aromatic carbocycles. The molecule has 8 heteroatoms. The lowest BCUT2D eigenvalue weighted by atomic mass is 9.99. The van der Waals surface area contributed by atoms with E-state index in [0.717, 1.165) is 0 Å². The largest absolute Gasteiger partial charge is 0.490 e. The van der Waals surface area contributed by atoms with E-state index in [1.165, 1.54) is 18.2 Å². The number of hydrogen-bond acceptors (Lipinski definition) is 8. The molecule has 0 aliphatic carbocycles. The molecule has 0 bridgehead atoms. The molecule has 4 N–H and O–H groups in total. The Kier molecular flexibility index (Phi) is 5.91. The van der Waals surface area contributed by atoms with Gasteiger partial charge in [0.05, 0.1) is 13.2 Å². The molecule has 0 spiro atoms. The van der Waals surface area contributed by atoms with Gasteiger partial charge in [-0.3, -0.25) is 4.79 Å². The van der Waals surface area contributed by atoms with E-state index in [1.807, 2.05) is 0 Å². The molecule has 1 aromatic rings. The van der Waals surface area contributed by atoms with Crippen LogP contribution in [-0.2, 0) is 4.74 Å². The van der Waals surface area contributed by atoms with E-state index < -0.39 is 37.3 Å². The van der Waals surface area contributed by atoms with Gasteiger partial charge in [0, 0.05) is 5.56 Å². The van der Waals surface area contributed by atoms with Gasteiger partial charge in [0.1, 0.15) is 30.7 Å². The second-order valence-corrected chi connectivity index (χ2v) is 5.07. The molecule has 128 valence electrons. The Bertz CT molecular complexity index is 532. The van der Waals surface area contributed by atoms with E-state index in [4.69, 9.17) is 19.3 Å². The monoisotopic (exact) mass is 328 g/mol. The van der Waals surface area contributed by atoms with Gasteiger partial charge >= 0.3 is 0 Å². The molecule has 1 aliphatic heterocycles. The lowest BCUT2D eigenvalue weighted by molar-refractivity contribution is -0.277. The minimum atomic E-state index is -1.53. The fourth-order valence-electron chi connectivity index (χ4n) is 2.25. The van der Waals surface area contributed by atoms with Crippen LogP contribution < -0.4 is 9.47 Å². The number of aliphatic hydroxyl groups is 4. The van der Waals surface area contributed by atoms with Crippen molar-refractivity contribution in [3.8, 4) is 11.5 Å². The van der Waals surface area contributed by atoms with Crippen molar-refractivity contribution in [3.05, 3.63) is 23.8 Å². The third-order valence-corrected chi connectivity index (χ3v) is 3.50. The van der Waals surface area contributed by atoms with Crippen LogP contribution in [0.15, 0.2) is 18.2 Å². The molecule has 0 aromatic heterocycles. The van der Waals surface area contributed by atoms with Crippen molar-refractivity contribution in [1.29, 1.82) is 0 Å². The highest BCUT2D eigenvalue weighted by Crippen LogP contribution is 2.31. The van der Waals surface area contributed by atoms with Crippen molar-refractivity contribution in [2.24, 2.45) is 0 Å². The smallest absolute Gasteiger partial charge is 0.229 e. The summed E-state index contributed by atoms with van der Waals surface area (Å²) in [6.07, 6.45) is -6.24. The van der Waals surface area contributed by atoms with E-state index in [0.29, 0.717) is 18.5 Å². The van der Waals surface area contributed by atoms with Crippen molar-refractivity contribution in [2.45, 2.75) is 37.6 Å². The fourth-order valence-corrected chi connectivity index (χ4v) is 2.25. The third kappa shape index (κ3) is 3.80. The van der Waals surface area contributed by atoms with Crippen LogP contribution >= 0.6 is 0 Å². The molecule has 0 radical (unpaired) electrons. The Hall–Kier alpha value is -1.71. The molecule has 1 fully saturated rings. The molecule has 23 heavy (non-hydrogen) atoms. The summed E-state index contributed by atoms with van der Waals surface area (Å²) in [4.78, 5) is 10.8. The van der Waals surface area contributed by atoms with Crippen LogP contribution in [0.4, 0.5) is 0 Å². The second-order valence-electron chi connectivity index (χ2n) is 5.07. The summed E-state index contributed by atoms with van der Waals surface area (Å²) >= 11 is 0. The summed E-state index contributed by atoms with van der Waals surface area (Å²) in [5.41, 5.74) is 0.384. The third-order valence-electron chi connectivity index (χ3n) is 3.50. The highest BCUT2D eigenvalue weighted by molar-refractivity contribution is 5.76. The number of benzene rings is 1. The number of aldehydes is 1. The molecule has 5 atom stereocenters. The van der Waals surface area contributed by atoms with Crippen molar-refractivity contribution >= 4 is 6.29 Å². The summed E-state index contributed by atoms with van der Waals surface area (Å²) in [7, 11) is 0. The standard InChI is InChI=1S/C15H20O8/c1-2-21-10-5-8(6-16)3-4-9(10)22-15-14(20)13(19)12(18)11(7-17)23-15/h3-6,11-15,17-20H,2,7H2,1H3. The summed E-state index contributed by atoms with van der Waals surface area (Å²) in [5.74, 6) is 0.468. The number of carbonyl (C=O) groups excluding carboxylic acids is 1. The van der Waals surface area contributed by atoms with Crippen LogP contribution in [-0.4, -0.2) is 70.6 Å². The van der Waals surface area contributed by atoms with E-state index in [1.54, 1.807) is 6.92 Å². The van der Waals surface area contributed by atoms with Gasteiger partial charge in [0.2, 0.25) is 6.29 Å². The van der Waals surface area contributed by atoms with Gasteiger partial charge in [-0.2, -0.15) is 0 Å². The van der Waals surface area contributed by atoms with E-state index in [9.17, 15) is 20.1 Å². The van der Waals surface area contributed by atoms with Gasteiger partial charge in [-0.15, -0.1) is 0 Å². The van der Waals surface area contributed by atoms with Crippen LogP contribution in [0.2, 0.25) is 0 Å².